The number of amides is 1. The number of aliphatic hydroxyl groups excluding tert-OH is 1. The number of hydrogen-bond donors (Lipinski definition) is 1. The van der Waals surface area contributed by atoms with Gasteiger partial charge in [-0.3, -0.25) is 9.69 Å². The average molecular weight is 477 g/mol. The fourth-order valence-electron chi connectivity index (χ4n) is 3.91. The molecule has 0 saturated heterocycles. The van der Waals surface area contributed by atoms with Crippen molar-refractivity contribution in [1.82, 2.24) is 9.80 Å². The Balaban J connectivity index is 1.67. The van der Waals surface area contributed by atoms with Crippen LogP contribution in [0.1, 0.15) is 30.3 Å². The number of fused-ring (bicyclic) bond motifs is 1. The van der Waals surface area contributed by atoms with Crippen molar-refractivity contribution in [1.29, 1.82) is 0 Å². The zero-order chi connectivity index (χ0) is 23.8. The molecular formula is C25H33FN2O4S. The number of ether oxygens (including phenoxy) is 2. The third-order valence-electron chi connectivity index (χ3n) is 5.70. The second kappa shape index (κ2) is 12.3. The highest BCUT2D eigenvalue weighted by Gasteiger charge is 2.33. The second-order valence-corrected chi connectivity index (χ2v) is 9.42. The monoisotopic (exact) mass is 476 g/mol. The summed E-state index contributed by atoms with van der Waals surface area (Å²) in [7, 11) is 0. The Kier molecular flexibility index (Phi) is 9.43. The molecule has 3 rings (SSSR count). The van der Waals surface area contributed by atoms with Gasteiger partial charge in [0.25, 0.3) is 0 Å². The number of carbonyl (C=O) groups is 1. The summed E-state index contributed by atoms with van der Waals surface area (Å²) in [5.74, 6) is 0.243. The summed E-state index contributed by atoms with van der Waals surface area (Å²) in [6, 6.07) is 7.83. The van der Waals surface area contributed by atoms with Gasteiger partial charge in [-0.2, -0.15) is 0 Å². The summed E-state index contributed by atoms with van der Waals surface area (Å²) in [6.45, 7) is 9.63. The molecule has 180 valence electrons. The molecule has 1 N–H and O–H groups in total. The van der Waals surface area contributed by atoms with Crippen molar-refractivity contribution in [2.24, 2.45) is 0 Å². The molecule has 0 aliphatic carbocycles. The van der Waals surface area contributed by atoms with Crippen LogP contribution in [0.15, 0.2) is 48.4 Å². The van der Waals surface area contributed by atoms with Crippen molar-refractivity contribution in [2.75, 3.05) is 39.5 Å². The zero-order valence-corrected chi connectivity index (χ0v) is 20.1. The van der Waals surface area contributed by atoms with Gasteiger partial charge in [-0.1, -0.05) is 6.08 Å². The van der Waals surface area contributed by atoms with Crippen molar-refractivity contribution in [3.63, 3.8) is 0 Å². The smallest absolute Gasteiger partial charge is 0.237 e. The summed E-state index contributed by atoms with van der Waals surface area (Å²) in [6.07, 6.45) is 1.76. The highest BCUT2D eigenvalue weighted by molar-refractivity contribution is 7.10. The first-order chi connectivity index (χ1) is 15.9. The molecule has 2 aromatic rings. The highest BCUT2D eigenvalue weighted by atomic mass is 32.1. The second-order valence-electron chi connectivity index (χ2n) is 8.42. The molecule has 0 bridgehead atoms. The first kappa shape index (κ1) is 25.4. The van der Waals surface area contributed by atoms with Crippen LogP contribution in [0.25, 0.3) is 0 Å². The number of halogens is 1. The van der Waals surface area contributed by atoms with Gasteiger partial charge in [0, 0.05) is 24.0 Å². The maximum Gasteiger partial charge on any atom is 0.237 e. The van der Waals surface area contributed by atoms with Crippen LogP contribution >= 0.6 is 11.3 Å². The maximum absolute atomic E-state index is 13.4. The first-order valence-corrected chi connectivity index (χ1v) is 12.1. The van der Waals surface area contributed by atoms with Crippen LogP contribution in [0, 0.1) is 5.82 Å². The number of aliphatic hydroxyl groups is 1. The normalized spacial score (nSPS) is 16.7. The Bertz CT molecular complexity index is 902. The Morgan fingerprint density at radius 3 is 2.82 bits per heavy atom. The van der Waals surface area contributed by atoms with E-state index in [1.54, 1.807) is 29.5 Å². The van der Waals surface area contributed by atoms with E-state index in [1.807, 2.05) is 29.0 Å². The minimum Gasteiger partial charge on any atom is -0.491 e. The lowest BCUT2D eigenvalue weighted by atomic mass is 10.00. The Morgan fingerprint density at radius 1 is 1.36 bits per heavy atom. The minimum absolute atomic E-state index is 0.00698. The van der Waals surface area contributed by atoms with Gasteiger partial charge in [-0.25, -0.2) is 4.39 Å². The first-order valence-electron chi connectivity index (χ1n) is 11.2. The zero-order valence-electron chi connectivity index (χ0n) is 19.3. The summed E-state index contributed by atoms with van der Waals surface area (Å²) in [4.78, 5) is 18.5. The highest BCUT2D eigenvalue weighted by Crippen LogP contribution is 2.34. The number of nitrogens with zero attached hydrogens (tertiary/aromatic N) is 2. The molecular weight excluding hydrogens is 443 g/mol. The van der Waals surface area contributed by atoms with E-state index in [2.05, 4.69) is 12.6 Å². The van der Waals surface area contributed by atoms with Crippen LogP contribution in [-0.2, 0) is 16.0 Å². The molecule has 1 aliphatic rings. The van der Waals surface area contributed by atoms with E-state index >= 15 is 0 Å². The van der Waals surface area contributed by atoms with Gasteiger partial charge >= 0.3 is 0 Å². The van der Waals surface area contributed by atoms with E-state index in [9.17, 15) is 14.3 Å². The van der Waals surface area contributed by atoms with E-state index < -0.39 is 6.10 Å². The molecule has 0 saturated carbocycles. The SMILES string of the molecule is C=CCOC[C@H](O)CN(CC(=O)N1CCc2sccc2[C@H]1COc1ccc(F)cc1)C(C)C. The molecule has 1 aromatic heterocycles. The lowest BCUT2D eigenvalue weighted by Gasteiger charge is -2.38. The molecule has 1 amide bonds. The number of thiophene rings is 1. The van der Waals surface area contributed by atoms with E-state index in [0.29, 0.717) is 32.1 Å². The van der Waals surface area contributed by atoms with Gasteiger partial charge in [0.05, 0.1) is 31.9 Å². The fourth-order valence-corrected chi connectivity index (χ4v) is 4.84. The molecule has 1 aromatic carbocycles. The van der Waals surface area contributed by atoms with Crippen LogP contribution in [-0.4, -0.2) is 72.4 Å². The minimum atomic E-state index is -0.692. The quantitative estimate of drug-likeness (QED) is 0.374. The standard InChI is InChI=1S/C25H33FN2O4S/c1-4-12-31-16-20(29)14-27(18(2)3)15-25(30)28-11-9-24-22(10-13-33-24)23(28)17-32-21-7-5-19(26)6-8-21/h4-8,10,13,18,20,23,29H,1,9,11-12,14-17H2,2-3H3/t20-,23-/m1/s1. The predicted molar refractivity (Wildman–Crippen MR) is 128 cm³/mol. The van der Waals surface area contributed by atoms with Gasteiger partial charge in [-0.15, -0.1) is 17.9 Å². The lowest BCUT2D eigenvalue weighted by molar-refractivity contribution is -0.137. The number of benzene rings is 1. The van der Waals surface area contributed by atoms with E-state index in [-0.39, 0.29) is 37.0 Å². The Labute approximate surface area is 199 Å². The van der Waals surface area contributed by atoms with E-state index in [4.69, 9.17) is 9.47 Å². The average Bonchev–Trinajstić information content (AvgIpc) is 3.27. The van der Waals surface area contributed by atoms with Crippen LogP contribution < -0.4 is 4.74 Å². The van der Waals surface area contributed by atoms with E-state index in [0.717, 1.165) is 12.0 Å². The van der Waals surface area contributed by atoms with Crippen molar-refractivity contribution in [3.05, 3.63) is 64.6 Å². The molecule has 2 heterocycles. The summed E-state index contributed by atoms with van der Waals surface area (Å²) in [5, 5.41) is 12.4. The van der Waals surface area contributed by atoms with Crippen molar-refractivity contribution in [3.8, 4) is 5.75 Å². The van der Waals surface area contributed by atoms with Crippen LogP contribution in [0.3, 0.4) is 0 Å². The van der Waals surface area contributed by atoms with Gasteiger partial charge in [0.2, 0.25) is 5.91 Å². The summed E-state index contributed by atoms with van der Waals surface area (Å²) in [5.41, 5.74) is 1.11. The van der Waals surface area contributed by atoms with Crippen LogP contribution in [0.2, 0.25) is 0 Å². The largest absolute Gasteiger partial charge is 0.491 e. The third kappa shape index (κ3) is 7.11. The van der Waals surface area contributed by atoms with Gasteiger partial charge in [-0.05, 0) is 61.5 Å². The lowest BCUT2D eigenvalue weighted by Crippen LogP contribution is -2.49. The molecule has 0 unspecified atom stereocenters. The topological polar surface area (TPSA) is 62.2 Å². The number of hydrogen-bond acceptors (Lipinski definition) is 6. The van der Waals surface area contributed by atoms with Crippen LogP contribution in [0.4, 0.5) is 4.39 Å². The van der Waals surface area contributed by atoms with Crippen molar-refractivity contribution in [2.45, 2.75) is 38.5 Å². The fraction of sp³-hybridized carbons (Fsp3) is 0.480. The van der Waals surface area contributed by atoms with Crippen molar-refractivity contribution < 1.29 is 23.8 Å². The maximum atomic E-state index is 13.4. The molecule has 2 atom stereocenters. The molecule has 8 heteroatoms. The molecule has 1 aliphatic heterocycles. The molecule has 33 heavy (non-hydrogen) atoms. The molecule has 6 nitrogen and oxygen atoms in total. The van der Waals surface area contributed by atoms with E-state index in [1.165, 1.54) is 17.0 Å². The number of carbonyl (C=O) groups excluding carboxylic acids is 1. The number of rotatable bonds is 12. The Morgan fingerprint density at radius 2 is 2.12 bits per heavy atom. The molecule has 0 radical (unpaired) electrons. The van der Waals surface area contributed by atoms with Gasteiger partial charge < -0.3 is 19.5 Å². The third-order valence-corrected chi connectivity index (χ3v) is 6.69. The Hall–Kier alpha value is -2.26. The van der Waals surface area contributed by atoms with Gasteiger partial charge in [0.15, 0.2) is 0 Å². The summed E-state index contributed by atoms with van der Waals surface area (Å²) < 4.78 is 24.5. The van der Waals surface area contributed by atoms with Crippen molar-refractivity contribution >= 4 is 17.2 Å². The molecule has 0 fully saturated rings. The van der Waals surface area contributed by atoms with Crippen LogP contribution in [0.5, 0.6) is 5.75 Å². The molecule has 0 spiro atoms. The van der Waals surface area contributed by atoms with Gasteiger partial charge in [0.1, 0.15) is 18.2 Å². The predicted octanol–water partition coefficient (Wildman–Crippen LogP) is 3.67. The summed E-state index contributed by atoms with van der Waals surface area (Å²) >= 11 is 1.70.